The van der Waals surface area contributed by atoms with Gasteiger partial charge in [0.15, 0.2) is 5.78 Å². The summed E-state index contributed by atoms with van der Waals surface area (Å²) in [7, 11) is -3.56. The Hall–Kier alpha value is -2.60. The topological polar surface area (TPSA) is 108 Å². The van der Waals surface area contributed by atoms with Gasteiger partial charge in [-0.1, -0.05) is 18.2 Å². The number of benzene rings is 1. The first-order valence-corrected chi connectivity index (χ1v) is 12.5. The van der Waals surface area contributed by atoms with Crippen LogP contribution in [0, 0.1) is 0 Å². The largest absolute Gasteiger partial charge is 0.379 e. The molecule has 1 saturated heterocycles. The van der Waals surface area contributed by atoms with Gasteiger partial charge < -0.3 is 10.1 Å². The molecule has 2 aliphatic rings. The Labute approximate surface area is 190 Å². The third-order valence-corrected chi connectivity index (χ3v) is 8.74. The fourth-order valence-electron chi connectivity index (χ4n) is 3.56. The molecule has 0 spiro atoms. The van der Waals surface area contributed by atoms with E-state index >= 15 is 0 Å². The second-order valence-corrected chi connectivity index (χ2v) is 10.8. The highest BCUT2D eigenvalue weighted by Crippen LogP contribution is 2.27. The Balaban J connectivity index is 1.41. The predicted molar refractivity (Wildman–Crippen MR) is 121 cm³/mol. The van der Waals surface area contributed by atoms with E-state index in [4.69, 9.17) is 4.74 Å². The van der Waals surface area contributed by atoms with Gasteiger partial charge >= 0.3 is 0 Å². The van der Waals surface area contributed by atoms with Crippen LogP contribution in [-0.4, -0.2) is 62.5 Å². The van der Waals surface area contributed by atoms with Crippen molar-refractivity contribution in [1.29, 1.82) is 0 Å². The first-order chi connectivity index (χ1) is 15.4. The number of ketones is 1. The molecule has 2 aromatic rings. The number of nitrogens with zero attached hydrogens (tertiary/aromatic N) is 3. The van der Waals surface area contributed by atoms with Crippen LogP contribution in [0.25, 0.3) is 0 Å². The van der Waals surface area contributed by atoms with Gasteiger partial charge in [-0.2, -0.15) is 9.41 Å². The number of carbonyl (C=O) groups is 2. The summed E-state index contributed by atoms with van der Waals surface area (Å²) in [5.74, 6) is -0.447. The zero-order chi connectivity index (χ0) is 22.7. The van der Waals surface area contributed by atoms with Gasteiger partial charge in [-0.25, -0.2) is 8.42 Å². The summed E-state index contributed by atoms with van der Waals surface area (Å²) in [6, 6.07) is 12.0. The van der Waals surface area contributed by atoms with E-state index in [0.717, 1.165) is 17.0 Å². The third-order valence-electron chi connectivity index (χ3n) is 5.29. The second-order valence-electron chi connectivity index (χ2n) is 7.48. The number of morpholine rings is 1. The van der Waals surface area contributed by atoms with Crippen LogP contribution in [0.2, 0.25) is 0 Å². The molecular weight excluding hydrogens is 452 g/mol. The molecule has 1 aromatic carbocycles. The number of nitrogens with one attached hydrogen (secondary N) is 1. The van der Waals surface area contributed by atoms with Crippen LogP contribution >= 0.6 is 11.3 Å². The number of anilines is 1. The fraction of sp³-hybridized carbons (Fsp3) is 0.381. The average Bonchev–Trinajstić information content (AvgIpc) is 3.47. The Kier molecular flexibility index (Phi) is 6.70. The molecule has 4 rings (SSSR count). The van der Waals surface area contributed by atoms with Crippen LogP contribution in [0.1, 0.15) is 18.2 Å². The summed E-state index contributed by atoms with van der Waals surface area (Å²) in [4.78, 5) is 25.5. The van der Waals surface area contributed by atoms with Crippen LogP contribution in [-0.2, 0) is 30.9 Å². The summed E-state index contributed by atoms with van der Waals surface area (Å²) in [5, 5.41) is 8.75. The van der Waals surface area contributed by atoms with E-state index in [1.807, 2.05) is 30.3 Å². The van der Waals surface area contributed by atoms with Crippen molar-refractivity contribution in [2.75, 3.05) is 31.3 Å². The molecule has 32 heavy (non-hydrogen) atoms. The van der Waals surface area contributed by atoms with E-state index in [9.17, 15) is 18.0 Å². The van der Waals surface area contributed by atoms with Gasteiger partial charge in [0.25, 0.3) is 15.9 Å². The lowest BCUT2D eigenvalue weighted by atomic mass is 10.1. The van der Waals surface area contributed by atoms with E-state index < -0.39 is 16.1 Å². The number of carbonyl (C=O) groups excluding carboxylic acids is 2. The van der Waals surface area contributed by atoms with Gasteiger partial charge in [0, 0.05) is 24.4 Å². The van der Waals surface area contributed by atoms with Crippen molar-refractivity contribution in [3.05, 3.63) is 47.3 Å². The number of amides is 1. The van der Waals surface area contributed by atoms with Gasteiger partial charge in [0.05, 0.1) is 25.4 Å². The number of hydrazone groups is 1. The monoisotopic (exact) mass is 476 g/mol. The first kappa shape index (κ1) is 22.6. The zero-order valence-electron chi connectivity index (χ0n) is 17.6. The Morgan fingerprint density at radius 3 is 2.56 bits per heavy atom. The van der Waals surface area contributed by atoms with E-state index in [1.54, 1.807) is 17.1 Å². The molecule has 1 fully saturated rings. The Morgan fingerprint density at radius 1 is 1.16 bits per heavy atom. The molecule has 170 valence electrons. The molecule has 3 heterocycles. The maximum absolute atomic E-state index is 12.8. The molecule has 0 saturated carbocycles. The van der Waals surface area contributed by atoms with E-state index in [1.165, 1.54) is 11.2 Å². The lowest BCUT2D eigenvalue weighted by Crippen LogP contribution is -2.40. The standard InChI is InChI=1S/C21H24N4O5S2/c1-15(26)19-13-18(23-25(19)16-5-3-2-4-6-16)21(27)22-14-17-7-8-20(31-17)32(28,29)24-9-11-30-12-10-24/h2-8,19H,9-14H2,1H3,(H,22,27). The lowest BCUT2D eigenvalue weighted by molar-refractivity contribution is -0.118. The highest BCUT2D eigenvalue weighted by atomic mass is 32.2. The molecular formula is C21H24N4O5S2. The van der Waals surface area contributed by atoms with Crippen molar-refractivity contribution in [2.24, 2.45) is 5.10 Å². The number of hydrogen-bond acceptors (Lipinski definition) is 8. The summed E-state index contributed by atoms with van der Waals surface area (Å²) >= 11 is 1.13. The highest BCUT2D eigenvalue weighted by molar-refractivity contribution is 7.91. The Morgan fingerprint density at radius 2 is 1.88 bits per heavy atom. The van der Waals surface area contributed by atoms with E-state index in [2.05, 4.69) is 10.4 Å². The van der Waals surface area contributed by atoms with Gasteiger partial charge in [0.2, 0.25) is 0 Å². The van der Waals surface area contributed by atoms with Crippen LogP contribution in [0.3, 0.4) is 0 Å². The molecule has 1 amide bonds. The first-order valence-electron chi connectivity index (χ1n) is 10.2. The molecule has 2 aliphatic heterocycles. The normalized spacial score (nSPS) is 19.6. The Bertz CT molecular complexity index is 1120. The molecule has 9 nitrogen and oxygen atoms in total. The number of Topliss-reactive ketones (excluding diaryl/α,β-unsaturated/α-hetero) is 1. The van der Waals surface area contributed by atoms with Crippen molar-refractivity contribution in [3.63, 3.8) is 0 Å². The van der Waals surface area contributed by atoms with Crippen molar-refractivity contribution in [3.8, 4) is 0 Å². The van der Waals surface area contributed by atoms with Crippen molar-refractivity contribution >= 4 is 44.4 Å². The summed E-state index contributed by atoms with van der Waals surface area (Å²) in [6.45, 7) is 3.10. The number of ether oxygens (including phenoxy) is 1. The van der Waals surface area contributed by atoms with Crippen LogP contribution in [0.4, 0.5) is 5.69 Å². The third kappa shape index (κ3) is 4.75. The minimum atomic E-state index is -3.56. The minimum absolute atomic E-state index is 0.0726. The van der Waals surface area contributed by atoms with Crippen molar-refractivity contribution in [1.82, 2.24) is 9.62 Å². The lowest BCUT2D eigenvalue weighted by Gasteiger charge is -2.25. The summed E-state index contributed by atoms with van der Waals surface area (Å²) in [5.41, 5.74) is 1.01. The van der Waals surface area contributed by atoms with Crippen molar-refractivity contribution < 1.29 is 22.7 Å². The number of rotatable bonds is 7. The van der Waals surface area contributed by atoms with Crippen molar-refractivity contribution in [2.45, 2.75) is 30.1 Å². The predicted octanol–water partition coefficient (Wildman–Crippen LogP) is 1.61. The summed E-state index contributed by atoms with van der Waals surface area (Å²) < 4.78 is 32.4. The number of hydrogen-bond donors (Lipinski definition) is 1. The summed E-state index contributed by atoms with van der Waals surface area (Å²) in [6.07, 6.45) is 0.219. The van der Waals surface area contributed by atoms with E-state index in [-0.39, 0.29) is 34.6 Å². The van der Waals surface area contributed by atoms with Crippen LogP contribution in [0.15, 0.2) is 51.8 Å². The molecule has 1 N–H and O–H groups in total. The molecule has 11 heteroatoms. The number of thiophene rings is 1. The van der Waals surface area contributed by atoms with Gasteiger partial charge in [-0.15, -0.1) is 11.3 Å². The maximum atomic E-state index is 12.8. The highest BCUT2D eigenvalue weighted by Gasteiger charge is 2.34. The number of para-hydroxylation sites is 1. The quantitative estimate of drug-likeness (QED) is 0.651. The van der Waals surface area contributed by atoms with Crippen LogP contribution in [0.5, 0.6) is 0 Å². The second kappa shape index (κ2) is 9.49. The average molecular weight is 477 g/mol. The molecule has 1 aromatic heterocycles. The molecule has 0 radical (unpaired) electrons. The fourth-order valence-corrected chi connectivity index (χ4v) is 6.42. The maximum Gasteiger partial charge on any atom is 0.267 e. The minimum Gasteiger partial charge on any atom is -0.379 e. The van der Waals surface area contributed by atoms with Crippen LogP contribution < -0.4 is 10.3 Å². The van der Waals surface area contributed by atoms with Gasteiger partial charge in [0.1, 0.15) is 16.0 Å². The molecule has 0 bridgehead atoms. The number of sulfonamides is 1. The SMILES string of the molecule is CC(=O)C1CC(C(=O)NCc2ccc(S(=O)(=O)N3CCOCC3)s2)=NN1c1ccccc1. The zero-order valence-corrected chi connectivity index (χ0v) is 19.2. The van der Waals surface area contributed by atoms with E-state index in [0.29, 0.717) is 31.2 Å². The van der Waals surface area contributed by atoms with Gasteiger partial charge in [-0.05, 0) is 31.2 Å². The molecule has 1 unspecified atom stereocenters. The smallest absolute Gasteiger partial charge is 0.267 e. The molecule has 0 aliphatic carbocycles. The molecule has 1 atom stereocenters. The van der Waals surface area contributed by atoms with Gasteiger partial charge in [-0.3, -0.25) is 14.6 Å².